The predicted octanol–water partition coefficient (Wildman–Crippen LogP) is 3.21. The van der Waals surface area contributed by atoms with Crippen LogP contribution in [0.4, 0.5) is 0 Å². The summed E-state index contributed by atoms with van der Waals surface area (Å²) in [7, 11) is 0. The Balaban J connectivity index is 2.27. The molecule has 0 amide bonds. The number of hydrogen-bond donors (Lipinski definition) is 1. The summed E-state index contributed by atoms with van der Waals surface area (Å²) in [6.07, 6.45) is 1.76. The highest BCUT2D eigenvalue weighted by molar-refractivity contribution is 5.39. The predicted molar refractivity (Wildman–Crippen MR) is 69.2 cm³/mol. The largest absolute Gasteiger partial charge is 0.386 e. The highest BCUT2D eigenvalue weighted by Crippen LogP contribution is 2.33. The first-order chi connectivity index (χ1) is 7.99. The molecule has 2 rings (SSSR count). The van der Waals surface area contributed by atoms with Gasteiger partial charge in [-0.05, 0) is 57.2 Å². The molecule has 3 atom stereocenters. The smallest absolute Gasteiger partial charge is 0.106 e. The highest BCUT2D eigenvalue weighted by atomic mass is 16.5. The Morgan fingerprint density at radius 1 is 1.18 bits per heavy atom. The van der Waals surface area contributed by atoms with E-state index in [0.29, 0.717) is 0 Å². The van der Waals surface area contributed by atoms with Crippen molar-refractivity contribution < 1.29 is 9.84 Å². The Labute approximate surface area is 104 Å². The van der Waals surface area contributed by atoms with Gasteiger partial charge in [0.15, 0.2) is 0 Å². The van der Waals surface area contributed by atoms with Crippen molar-refractivity contribution in [3.8, 4) is 0 Å². The fourth-order valence-corrected chi connectivity index (χ4v) is 2.91. The zero-order valence-electron chi connectivity index (χ0n) is 11.2. The van der Waals surface area contributed by atoms with Crippen molar-refractivity contribution in [2.45, 2.75) is 58.8 Å². The summed E-state index contributed by atoms with van der Waals surface area (Å²) in [6, 6.07) is 4.26. The Kier molecular flexibility index (Phi) is 3.55. The van der Waals surface area contributed by atoms with Crippen LogP contribution in [-0.2, 0) is 4.74 Å². The van der Waals surface area contributed by atoms with Crippen molar-refractivity contribution in [3.05, 3.63) is 34.4 Å². The summed E-state index contributed by atoms with van der Waals surface area (Å²) in [6.45, 7) is 8.29. The zero-order valence-corrected chi connectivity index (χ0v) is 11.2. The van der Waals surface area contributed by atoms with Crippen molar-refractivity contribution >= 4 is 0 Å². The summed E-state index contributed by atoms with van der Waals surface area (Å²) < 4.78 is 5.77. The molecule has 94 valence electrons. The number of aliphatic hydroxyl groups excluding tert-OH is 1. The second-order valence-corrected chi connectivity index (χ2v) is 5.32. The van der Waals surface area contributed by atoms with E-state index in [1.807, 2.05) is 0 Å². The van der Waals surface area contributed by atoms with Gasteiger partial charge in [0.25, 0.3) is 0 Å². The van der Waals surface area contributed by atoms with Crippen LogP contribution in [0.1, 0.15) is 48.1 Å². The van der Waals surface area contributed by atoms with E-state index in [9.17, 15) is 5.11 Å². The molecule has 0 radical (unpaired) electrons. The van der Waals surface area contributed by atoms with Crippen LogP contribution in [0.5, 0.6) is 0 Å². The lowest BCUT2D eigenvalue weighted by Crippen LogP contribution is -2.20. The van der Waals surface area contributed by atoms with Gasteiger partial charge in [0.05, 0.1) is 12.2 Å². The molecule has 0 aromatic heterocycles. The molecular weight excluding hydrogens is 212 g/mol. The van der Waals surface area contributed by atoms with E-state index in [4.69, 9.17) is 4.74 Å². The monoisotopic (exact) mass is 234 g/mol. The third-order valence-electron chi connectivity index (χ3n) is 3.65. The maximum Gasteiger partial charge on any atom is 0.106 e. The number of aliphatic hydroxyl groups is 1. The molecular formula is C15H22O2. The molecule has 1 aromatic carbocycles. The summed E-state index contributed by atoms with van der Waals surface area (Å²) >= 11 is 0. The van der Waals surface area contributed by atoms with Crippen LogP contribution in [-0.4, -0.2) is 17.3 Å². The first kappa shape index (κ1) is 12.6. The zero-order chi connectivity index (χ0) is 12.6. The van der Waals surface area contributed by atoms with Crippen molar-refractivity contribution in [2.24, 2.45) is 0 Å². The van der Waals surface area contributed by atoms with E-state index in [0.717, 1.165) is 29.5 Å². The molecule has 1 aliphatic rings. The SMILES string of the molecule is Cc1cc(C)c(C(O)C2CCC(C)O2)c(C)c1. The van der Waals surface area contributed by atoms with E-state index >= 15 is 0 Å². The maximum atomic E-state index is 10.5. The Morgan fingerprint density at radius 2 is 1.76 bits per heavy atom. The minimum Gasteiger partial charge on any atom is -0.386 e. The fourth-order valence-electron chi connectivity index (χ4n) is 2.91. The molecule has 2 heteroatoms. The van der Waals surface area contributed by atoms with E-state index in [1.54, 1.807) is 0 Å². The van der Waals surface area contributed by atoms with Crippen LogP contribution < -0.4 is 0 Å². The molecule has 1 aromatic rings. The third-order valence-corrected chi connectivity index (χ3v) is 3.65. The molecule has 0 spiro atoms. The van der Waals surface area contributed by atoms with Gasteiger partial charge in [0.1, 0.15) is 6.10 Å². The number of benzene rings is 1. The minimum atomic E-state index is -0.486. The molecule has 1 aliphatic heterocycles. The maximum absolute atomic E-state index is 10.5. The van der Waals surface area contributed by atoms with Crippen molar-refractivity contribution in [3.63, 3.8) is 0 Å². The molecule has 1 N–H and O–H groups in total. The van der Waals surface area contributed by atoms with Crippen molar-refractivity contribution in [1.29, 1.82) is 0 Å². The van der Waals surface area contributed by atoms with Gasteiger partial charge in [-0.2, -0.15) is 0 Å². The summed E-state index contributed by atoms with van der Waals surface area (Å²) in [5.41, 5.74) is 4.63. The Morgan fingerprint density at radius 3 is 2.24 bits per heavy atom. The van der Waals surface area contributed by atoms with Gasteiger partial charge in [-0.25, -0.2) is 0 Å². The van der Waals surface area contributed by atoms with Gasteiger partial charge in [-0.3, -0.25) is 0 Å². The van der Waals surface area contributed by atoms with Crippen LogP contribution in [0.25, 0.3) is 0 Å². The minimum absolute atomic E-state index is 0.0369. The first-order valence-electron chi connectivity index (χ1n) is 6.40. The van der Waals surface area contributed by atoms with Crippen molar-refractivity contribution in [1.82, 2.24) is 0 Å². The Bertz CT molecular complexity index is 388. The molecule has 0 bridgehead atoms. The molecule has 1 fully saturated rings. The third kappa shape index (κ3) is 2.53. The molecule has 0 aliphatic carbocycles. The summed E-state index contributed by atoms with van der Waals surface area (Å²) in [5, 5.41) is 10.5. The van der Waals surface area contributed by atoms with Crippen LogP contribution in [0.2, 0.25) is 0 Å². The number of ether oxygens (including phenoxy) is 1. The van der Waals surface area contributed by atoms with Gasteiger partial charge in [-0.15, -0.1) is 0 Å². The topological polar surface area (TPSA) is 29.5 Å². The number of hydrogen-bond acceptors (Lipinski definition) is 2. The van der Waals surface area contributed by atoms with Crippen molar-refractivity contribution in [2.75, 3.05) is 0 Å². The quantitative estimate of drug-likeness (QED) is 0.851. The van der Waals surface area contributed by atoms with Gasteiger partial charge in [-0.1, -0.05) is 17.7 Å². The standard InChI is InChI=1S/C15H22O2/c1-9-7-10(2)14(11(3)8-9)15(16)13-6-5-12(4)17-13/h7-8,12-13,15-16H,5-6H2,1-4H3. The summed E-state index contributed by atoms with van der Waals surface area (Å²) in [5.74, 6) is 0. The molecule has 1 saturated heterocycles. The molecule has 1 heterocycles. The van der Waals surface area contributed by atoms with E-state index in [1.165, 1.54) is 5.56 Å². The van der Waals surface area contributed by atoms with Gasteiger partial charge < -0.3 is 9.84 Å². The van der Waals surface area contributed by atoms with Crippen LogP contribution in [0.3, 0.4) is 0 Å². The number of rotatable bonds is 2. The first-order valence-corrected chi connectivity index (χ1v) is 6.40. The molecule has 0 saturated carbocycles. The lowest BCUT2D eigenvalue weighted by Gasteiger charge is -2.22. The highest BCUT2D eigenvalue weighted by Gasteiger charge is 2.30. The van der Waals surface area contributed by atoms with Crippen LogP contribution >= 0.6 is 0 Å². The van der Waals surface area contributed by atoms with E-state index < -0.39 is 6.10 Å². The second-order valence-electron chi connectivity index (χ2n) is 5.32. The van der Waals surface area contributed by atoms with Gasteiger partial charge in [0, 0.05) is 0 Å². The summed E-state index contributed by atoms with van der Waals surface area (Å²) in [4.78, 5) is 0. The average Bonchev–Trinajstić information content (AvgIpc) is 2.63. The van der Waals surface area contributed by atoms with Gasteiger partial charge in [0.2, 0.25) is 0 Å². The average molecular weight is 234 g/mol. The normalized spacial score (nSPS) is 26.2. The lowest BCUT2D eigenvalue weighted by molar-refractivity contribution is -0.0302. The molecule has 3 unspecified atom stereocenters. The molecule has 17 heavy (non-hydrogen) atoms. The van der Waals surface area contributed by atoms with Gasteiger partial charge >= 0.3 is 0 Å². The van der Waals surface area contributed by atoms with Crippen LogP contribution in [0, 0.1) is 20.8 Å². The second kappa shape index (κ2) is 4.79. The van der Waals surface area contributed by atoms with E-state index in [2.05, 4.69) is 39.8 Å². The Hall–Kier alpha value is -0.860. The van der Waals surface area contributed by atoms with E-state index in [-0.39, 0.29) is 12.2 Å². The lowest BCUT2D eigenvalue weighted by atomic mass is 9.92. The molecule has 2 nitrogen and oxygen atoms in total. The number of aryl methyl sites for hydroxylation is 3. The fraction of sp³-hybridized carbons (Fsp3) is 0.600. The van der Waals surface area contributed by atoms with Crippen LogP contribution in [0.15, 0.2) is 12.1 Å².